The minimum atomic E-state index is -0.862. The van der Waals surface area contributed by atoms with Crippen LogP contribution in [0.5, 0.6) is 0 Å². The first kappa shape index (κ1) is 12.8. The number of nitrogens with one attached hydrogen (secondary N) is 1. The van der Waals surface area contributed by atoms with Crippen LogP contribution in [-0.4, -0.2) is 5.91 Å². The average molecular weight is 316 g/mol. The second kappa shape index (κ2) is 4.89. The highest BCUT2D eigenvalue weighted by Crippen LogP contribution is 2.27. The molecule has 1 amide bonds. The molecule has 18 heavy (non-hydrogen) atoms. The lowest BCUT2D eigenvalue weighted by Crippen LogP contribution is -2.12. The summed E-state index contributed by atoms with van der Waals surface area (Å²) in [6.45, 7) is 1.69. The van der Waals surface area contributed by atoms with Crippen LogP contribution in [0.15, 0.2) is 33.2 Å². The van der Waals surface area contributed by atoms with Gasteiger partial charge in [-0.15, -0.1) is 0 Å². The molecule has 0 spiro atoms. The number of rotatable bonds is 2. The highest BCUT2D eigenvalue weighted by molar-refractivity contribution is 9.10. The van der Waals surface area contributed by atoms with Crippen LogP contribution in [0.25, 0.3) is 0 Å². The molecule has 0 saturated heterocycles. The molecule has 2 rings (SSSR count). The molecule has 1 aromatic carbocycles. The van der Waals surface area contributed by atoms with Gasteiger partial charge in [0.05, 0.1) is 5.69 Å². The van der Waals surface area contributed by atoms with Crippen LogP contribution >= 0.6 is 15.9 Å². The van der Waals surface area contributed by atoms with Gasteiger partial charge < -0.3 is 9.73 Å². The number of aryl methyl sites for hydroxylation is 1. The summed E-state index contributed by atoms with van der Waals surface area (Å²) >= 11 is 2.98. The predicted octanol–water partition coefficient (Wildman–Crippen LogP) is 3.88. The second-order valence-corrected chi connectivity index (χ2v) is 4.46. The highest BCUT2D eigenvalue weighted by Gasteiger charge is 2.16. The number of halogens is 3. The minimum Gasteiger partial charge on any atom is -0.456 e. The van der Waals surface area contributed by atoms with Crippen molar-refractivity contribution in [2.45, 2.75) is 6.92 Å². The van der Waals surface area contributed by atoms with E-state index in [2.05, 4.69) is 21.2 Å². The van der Waals surface area contributed by atoms with Gasteiger partial charge in [0.25, 0.3) is 5.91 Å². The molecule has 0 radical (unpaired) electrons. The van der Waals surface area contributed by atoms with Crippen LogP contribution in [0.3, 0.4) is 0 Å². The van der Waals surface area contributed by atoms with Gasteiger partial charge in [-0.1, -0.05) is 0 Å². The summed E-state index contributed by atoms with van der Waals surface area (Å²) in [6.07, 6.45) is 0. The van der Waals surface area contributed by atoms with Crippen molar-refractivity contribution in [1.29, 1.82) is 0 Å². The van der Waals surface area contributed by atoms with Crippen molar-refractivity contribution in [2.24, 2.45) is 0 Å². The number of furan rings is 1. The zero-order valence-electron chi connectivity index (χ0n) is 9.26. The maximum absolute atomic E-state index is 13.5. The molecule has 2 aromatic rings. The minimum absolute atomic E-state index is 0.0584. The van der Waals surface area contributed by atoms with Crippen LogP contribution in [0, 0.1) is 18.6 Å². The van der Waals surface area contributed by atoms with E-state index in [-0.39, 0.29) is 15.9 Å². The number of anilines is 1. The van der Waals surface area contributed by atoms with Crippen molar-refractivity contribution >= 4 is 27.5 Å². The van der Waals surface area contributed by atoms with E-state index in [0.29, 0.717) is 11.8 Å². The third kappa shape index (κ3) is 2.59. The van der Waals surface area contributed by atoms with Gasteiger partial charge in [0, 0.05) is 10.5 Å². The lowest BCUT2D eigenvalue weighted by atomic mass is 10.3. The fraction of sp³-hybridized carbons (Fsp3) is 0.0833. The quantitative estimate of drug-likeness (QED) is 0.913. The Hall–Kier alpha value is -1.69. The molecule has 0 unspecified atom stereocenters. The van der Waals surface area contributed by atoms with Crippen LogP contribution < -0.4 is 5.32 Å². The summed E-state index contributed by atoms with van der Waals surface area (Å²) < 4.78 is 31.6. The van der Waals surface area contributed by atoms with Crippen molar-refractivity contribution in [3.8, 4) is 0 Å². The monoisotopic (exact) mass is 315 g/mol. The fourth-order valence-electron chi connectivity index (χ4n) is 1.39. The lowest BCUT2D eigenvalue weighted by Gasteiger charge is -2.07. The van der Waals surface area contributed by atoms with Gasteiger partial charge in [-0.2, -0.15) is 0 Å². The van der Waals surface area contributed by atoms with Crippen molar-refractivity contribution < 1.29 is 18.0 Å². The molecule has 0 aliphatic heterocycles. The van der Waals surface area contributed by atoms with Crippen LogP contribution in [-0.2, 0) is 0 Å². The van der Waals surface area contributed by atoms with Gasteiger partial charge in [0.1, 0.15) is 11.6 Å². The van der Waals surface area contributed by atoms with E-state index >= 15 is 0 Å². The number of carbonyl (C=O) groups excluding carboxylic acids is 1. The van der Waals surface area contributed by atoms with E-state index in [1.165, 1.54) is 6.07 Å². The van der Waals surface area contributed by atoms with Gasteiger partial charge in [0.2, 0.25) is 0 Å². The zero-order valence-corrected chi connectivity index (χ0v) is 10.8. The van der Waals surface area contributed by atoms with Crippen LogP contribution in [0.4, 0.5) is 14.5 Å². The SMILES string of the molecule is Cc1ccc(C(=O)Nc2c(F)cc(F)cc2Br)o1. The Balaban J connectivity index is 2.27. The summed E-state index contributed by atoms with van der Waals surface area (Å²) in [4.78, 5) is 11.7. The first-order chi connectivity index (χ1) is 8.47. The van der Waals surface area contributed by atoms with E-state index in [1.54, 1.807) is 13.0 Å². The number of carbonyl (C=O) groups is 1. The third-order valence-corrected chi connectivity index (χ3v) is 2.83. The molecule has 0 atom stereocenters. The molecule has 1 aromatic heterocycles. The standard InChI is InChI=1S/C12H8BrF2NO2/c1-6-2-3-10(18-6)12(17)16-11-8(13)4-7(14)5-9(11)15/h2-5H,1H3,(H,16,17). The van der Waals surface area contributed by atoms with Crippen molar-refractivity contribution in [3.05, 3.63) is 51.9 Å². The van der Waals surface area contributed by atoms with Gasteiger partial charge in [-0.05, 0) is 41.1 Å². The maximum Gasteiger partial charge on any atom is 0.291 e. The molecule has 0 fully saturated rings. The Morgan fingerprint density at radius 3 is 2.61 bits per heavy atom. The molecule has 0 aliphatic rings. The number of benzene rings is 1. The largest absolute Gasteiger partial charge is 0.456 e. The first-order valence-corrected chi connectivity index (χ1v) is 5.79. The van der Waals surface area contributed by atoms with Gasteiger partial charge in [0.15, 0.2) is 11.6 Å². The average Bonchev–Trinajstić information content (AvgIpc) is 2.70. The number of hydrogen-bond acceptors (Lipinski definition) is 2. The molecular formula is C12H8BrF2NO2. The lowest BCUT2D eigenvalue weighted by molar-refractivity contribution is 0.0995. The molecule has 94 valence electrons. The summed E-state index contributed by atoms with van der Waals surface area (Å²) in [6, 6.07) is 4.84. The summed E-state index contributed by atoms with van der Waals surface area (Å²) in [5.41, 5.74) is -0.129. The van der Waals surface area contributed by atoms with E-state index in [9.17, 15) is 13.6 Å². The number of amides is 1. The molecule has 1 heterocycles. The Morgan fingerprint density at radius 2 is 2.06 bits per heavy atom. The van der Waals surface area contributed by atoms with E-state index in [4.69, 9.17) is 4.42 Å². The molecule has 6 heteroatoms. The van der Waals surface area contributed by atoms with E-state index in [0.717, 1.165) is 6.07 Å². The first-order valence-electron chi connectivity index (χ1n) is 4.99. The van der Waals surface area contributed by atoms with Crippen molar-refractivity contribution in [1.82, 2.24) is 0 Å². The Kier molecular flexibility index (Phi) is 3.47. The zero-order chi connectivity index (χ0) is 13.3. The Bertz CT molecular complexity index is 587. The van der Waals surface area contributed by atoms with Gasteiger partial charge >= 0.3 is 0 Å². The van der Waals surface area contributed by atoms with Gasteiger partial charge in [-0.3, -0.25) is 4.79 Å². The van der Waals surface area contributed by atoms with E-state index < -0.39 is 17.5 Å². The topological polar surface area (TPSA) is 42.2 Å². The molecular weight excluding hydrogens is 308 g/mol. The van der Waals surface area contributed by atoms with Crippen molar-refractivity contribution in [3.63, 3.8) is 0 Å². The fourth-order valence-corrected chi connectivity index (χ4v) is 1.90. The normalized spacial score (nSPS) is 10.4. The van der Waals surface area contributed by atoms with Crippen LogP contribution in [0.2, 0.25) is 0 Å². The van der Waals surface area contributed by atoms with Crippen LogP contribution in [0.1, 0.15) is 16.3 Å². The van der Waals surface area contributed by atoms with Gasteiger partial charge in [-0.25, -0.2) is 8.78 Å². The molecule has 1 N–H and O–H groups in total. The second-order valence-electron chi connectivity index (χ2n) is 3.61. The summed E-state index contributed by atoms with van der Waals surface area (Å²) in [7, 11) is 0. The number of hydrogen-bond donors (Lipinski definition) is 1. The molecule has 0 aliphatic carbocycles. The Morgan fingerprint density at radius 1 is 1.33 bits per heavy atom. The molecule has 0 saturated carbocycles. The highest BCUT2D eigenvalue weighted by atomic mass is 79.9. The third-order valence-electron chi connectivity index (χ3n) is 2.21. The molecule has 0 bridgehead atoms. The van der Waals surface area contributed by atoms with E-state index in [1.807, 2.05) is 0 Å². The smallest absolute Gasteiger partial charge is 0.291 e. The summed E-state index contributed by atoms with van der Waals surface area (Å²) in [5, 5.41) is 2.31. The maximum atomic E-state index is 13.5. The van der Waals surface area contributed by atoms with Crippen molar-refractivity contribution in [2.75, 3.05) is 5.32 Å². The predicted molar refractivity (Wildman–Crippen MR) is 65.5 cm³/mol. The Labute approximate surface area is 110 Å². The summed E-state index contributed by atoms with van der Waals surface area (Å²) in [5.74, 6) is -1.57. The molecule has 3 nitrogen and oxygen atoms in total.